The number of hydrogen-bond acceptors (Lipinski definition) is 2. The third-order valence-electron chi connectivity index (χ3n) is 0.555. The van der Waals surface area contributed by atoms with Crippen LogP contribution in [0.5, 0.6) is 0 Å². The predicted molar refractivity (Wildman–Crippen MR) is 32.5 cm³/mol. The number of halogens is 1. The molecule has 0 heterocycles. The van der Waals surface area contributed by atoms with Crippen molar-refractivity contribution in [2.75, 3.05) is 5.88 Å². The second-order valence-electron chi connectivity index (χ2n) is 1.46. The molecule has 4 heteroatoms. The summed E-state index contributed by atoms with van der Waals surface area (Å²) in [6, 6.07) is 0. The van der Waals surface area contributed by atoms with Crippen LogP contribution in [0.4, 0.5) is 0 Å². The standard InChI is InChI=1S/C4H9ClN2O/c1-3(8)7-4(6)2-5/h4H,2,6H2,1H3,(H,7,8). The molecule has 0 aliphatic carbocycles. The summed E-state index contributed by atoms with van der Waals surface area (Å²) in [5, 5.41) is 2.40. The van der Waals surface area contributed by atoms with E-state index in [2.05, 4.69) is 5.32 Å². The number of rotatable bonds is 2. The molecule has 0 rings (SSSR count). The van der Waals surface area contributed by atoms with Gasteiger partial charge in [-0.15, -0.1) is 11.6 Å². The Morgan fingerprint density at radius 3 is 2.62 bits per heavy atom. The molecule has 3 N–H and O–H groups in total. The number of nitrogens with one attached hydrogen (secondary N) is 1. The molecule has 0 aromatic rings. The van der Waals surface area contributed by atoms with Crippen LogP contribution in [0.1, 0.15) is 6.92 Å². The van der Waals surface area contributed by atoms with Crippen molar-refractivity contribution in [2.45, 2.75) is 13.1 Å². The Balaban J connectivity index is 3.24. The summed E-state index contributed by atoms with van der Waals surface area (Å²) >= 11 is 5.26. The van der Waals surface area contributed by atoms with Crippen LogP contribution in [0.3, 0.4) is 0 Å². The lowest BCUT2D eigenvalue weighted by molar-refractivity contribution is -0.119. The summed E-state index contributed by atoms with van der Waals surface area (Å²) in [6.07, 6.45) is -0.408. The van der Waals surface area contributed by atoms with E-state index >= 15 is 0 Å². The molecule has 48 valence electrons. The van der Waals surface area contributed by atoms with Gasteiger partial charge in [-0.25, -0.2) is 0 Å². The highest BCUT2D eigenvalue weighted by molar-refractivity contribution is 6.18. The number of alkyl halides is 1. The summed E-state index contributed by atoms with van der Waals surface area (Å²) in [4.78, 5) is 10.2. The third kappa shape index (κ3) is 3.89. The van der Waals surface area contributed by atoms with Gasteiger partial charge in [-0.05, 0) is 0 Å². The molecule has 0 radical (unpaired) electrons. The minimum absolute atomic E-state index is 0.154. The molecule has 0 fully saturated rings. The molecule has 0 aromatic carbocycles. The minimum Gasteiger partial charge on any atom is -0.340 e. The van der Waals surface area contributed by atoms with E-state index in [0.717, 1.165) is 0 Å². The zero-order chi connectivity index (χ0) is 6.57. The smallest absolute Gasteiger partial charge is 0.218 e. The SMILES string of the molecule is CC(=O)NC(N)CCl. The molecule has 0 saturated heterocycles. The van der Waals surface area contributed by atoms with Gasteiger partial charge < -0.3 is 11.1 Å². The Hall–Kier alpha value is -0.280. The number of amides is 1. The molecule has 0 saturated carbocycles. The van der Waals surface area contributed by atoms with E-state index in [1.54, 1.807) is 0 Å². The Kier molecular flexibility index (Phi) is 3.56. The summed E-state index contributed by atoms with van der Waals surface area (Å²) in [5.41, 5.74) is 5.21. The van der Waals surface area contributed by atoms with Crippen LogP contribution in [0, 0.1) is 0 Å². The first-order valence-electron chi connectivity index (χ1n) is 2.25. The lowest BCUT2D eigenvalue weighted by Gasteiger charge is -2.06. The van der Waals surface area contributed by atoms with Gasteiger partial charge in [0.15, 0.2) is 0 Å². The Morgan fingerprint density at radius 2 is 2.50 bits per heavy atom. The number of hydrogen-bond donors (Lipinski definition) is 2. The van der Waals surface area contributed by atoms with Crippen molar-refractivity contribution in [1.29, 1.82) is 0 Å². The van der Waals surface area contributed by atoms with Gasteiger partial charge in [-0.3, -0.25) is 4.79 Å². The first kappa shape index (κ1) is 7.72. The van der Waals surface area contributed by atoms with Crippen molar-refractivity contribution in [2.24, 2.45) is 5.73 Å². The molecule has 0 aromatic heterocycles. The van der Waals surface area contributed by atoms with Crippen molar-refractivity contribution in [3.63, 3.8) is 0 Å². The number of carbonyl (C=O) groups excluding carboxylic acids is 1. The predicted octanol–water partition coefficient (Wildman–Crippen LogP) is -0.354. The van der Waals surface area contributed by atoms with Gasteiger partial charge in [0.2, 0.25) is 5.91 Å². The van der Waals surface area contributed by atoms with Crippen molar-refractivity contribution >= 4 is 17.5 Å². The maximum Gasteiger partial charge on any atom is 0.218 e. The summed E-state index contributed by atoms with van der Waals surface area (Å²) in [6.45, 7) is 1.40. The highest BCUT2D eigenvalue weighted by Gasteiger charge is 1.98. The third-order valence-corrected chi connectivity index (χ3v) is 0.887. The van der Waals surface area contributed by atoms with Gasteiger partial charge in [-0.2, -0.15) is 0 Å². The Morgan fingerprint density at radius 1 is 2.00 bits per heavy atom. The lowest BCUT2D eigenvalue weighted by Crippen LogP contribution is -2.41. The van der Waals surface area contributed by atoms with E-state index in [9.17, 15) is 4.79 Å². The van der Waals surface area contributed by atoms with Crippen molar-refractivity contribution in [1.82, 2.24) is 5.32 Å². The summed E-state index contributed by atoms with van der Waals surface area (Å²) < 4.78 is 0. The largest absolute Gasteiger partial charge is 0.340 e. The molecule has 8 heavy (non-hydrogen) atoms. The second-order valence-corrected chi connectivity index (χ2v) is 1.77. The molecule has 0 aliphatic rings. The van der Waals surface area contributed by atoms with Crippen LogP contribution >= 0.6 is 11.6 Å². The molecule has 1 atom stereocenters. The highest BCUT2D eigenvalue weighted by atomic mass is 35.5. The van der Waals surface area contributed by atoms with Gasteiger partial charge >= 0.3 is 0 Å². The van der Waals surface area contributed by atoms with Crippen LogP contribution < -0.4 is 11.1 Å². The average Bonchev–Trinajstić information content (AvgIpc) is 1.65. The molecular weight excluding hydrogens is 128 g/mol. The Labute approximate surface area is 53.2 Å². The maximum atomic E-state index is 10.2. The van der Waals surface area contributed by atoms with Crippen LogP contribution in [-0.2, 0) is 4.79 Å². The fourth-order valence-corrected chi connectivity index (χ4v) is 0.377. The van der Waals surface area contributed by atoms with Crippen LogP contribution in [0.15, 0.2) is 0 Å². The normalized spacial score (nSPS) is 12.9. The zero-order valence-corrected chi connectivity index (χ0v) is 5.40. The van der Waals surface area contributed by atoms with Gasteiger partial charge in [0, 0.05) is 6.92 Å². The molecule has 0 spiro atoms. The van der Waals surface area contributed by atoms with E-state index < -0.39 is 6.17 Å². The van der Waals surface area contributed by atoms with Gasteiger partial charge in [-0.1, -0.05) is 0 Å². The molecule has 0 aliphatic heterocycles. The van der Waals surface area contributed by atoms with Gasteiger partial charge in [0.05, 0.1) is 12.0 Å². The fourth-order valence-electron chi connectivity index (χ4n) is 0.300. The molecule has 1 unspecified atom stereocenters. The van der Waals surface area contributed by atoms with Crippen LogP contribution in [0.2, 0.25) is 0 Å². The first-order valence-corrected chi connectivity index (χ1v) is 2.79. The fraction of sp³-hybridized carbons (Fsp3) is 0.750. The van der Waals surface area contributed by atoms with Crippen LogP contribution in [0.25, 0.3) is 0 Å². The zero-order valence-electron chi connectivity index (χ0n) is 4.65. The van der Waals surface area contributed by atoms with E-state index in [-0.39, 0.29) is 11.8 Å². The van der Waals surface area contributed by atoms with E-state index in [4.69, 9.17) is 17.3 Å². The van der Waals surface area contributed by atoms with Gasteiger partial charge in [0.1, 0.15) is 0 Å². The van der Waals surface area contributed by atoms with Gasteiger partial charge in [0.25, 0.3) is 0 Å². The lowest BCUT2D eigenvalue weighted by atomic mass is 10.5. The Bertz CT molecular complexity index is 86.1. The molecule has 0 bridgehead atoms. The van der Waals surface area contributed by atoms with Crippen LogP contribution in [-0.4, -0.2) is 18.0 Å². The molecule has 1 amide bonds. The topological polar surface area (TPSA) is 55.1 Å². The van der Waals surface area contributed by atoms with Crippen molar-refractivity contribution < 1.29 is 4.79 Å². The second kappa shape index (κ2) is 3.69. The molecule has 3 nitrogen and oxygen atoms in total. The van der Waals surface area contributed by atoms with Crippen molar-refractivity contribution in [3.05, 3.63) is 0 Å². The van der Waals surface area contributed by atoms with Crippen molar-refractivity contribution in [3.8, 4) is 0 Å². The minimum atomic E-state index is -0.408. The average molecular weight is 137 g/mol. The van der Waals surface area contributed by atoms with E-state index in [1.165, 1.54) is 6.92 Å². The summed E-state index contributed by atoms with van der Waals surface area (Å²) in [7, 11) is 0. The number of carbonyl (C=O) groups is 1. The molecular formula is C4H9ClN2O. The van der Waals surface area contributed by atoms with E-state index in [0.29, 0.717) is 0 Å². The first-order chi connectivity index (χ1) is 3.66. The highest BCUT2D eigenvalue weighted by Crippen LogP contribution is 1.76. The quantitative estimate of drug-likeness (QED) is 0.403. The number of nitrogens with two attached hydrogens (primary N) is 1. The van der Waals surface area contributed by atoms with E-state index in [1.807, 2.05) is 0 Å². The monoisotopic (exact) mass is 136 g/mol. The maximum absolute atomic E-state index is 10.2. The summed E-state index contributed by atoms with van der Waals surface area (Å²) in [5.74, 6) is 0.0951.